The molecule has 0 bridgehead atoms. The normalized spacial score (nSPS) is 23.4. The van der Waals surface area contributed by atoms with E-state index in [2.05, 4.69) is 21.0 Å². The number of rotatable bonds is 4. The van der Waals surface area contributed by atoms with Crippen LogP contribution in [0.2, 0.25) is 0 Å². The number of imide groups is 1. The summed E-state index contributed by atoms with van der Waals surface area (Å²) >= 11 is 0. The average molecular weight is 482 g/mol. The Morgan fingerprint density at radius 1 is 1.11 bits per heavy atom. The van der Waals surface area contributed by atoms with Crippen molar-refractivity contribution in [1.82, 2.24) is 24.7 Å². The van der Waals surface area contributed by atoms with Crippen LogP contribution < -0.4 is 5.32 Å². The summed E-state index contributed by atoms with van der Waals surface area (Å²) in [6.45, 7) is 4.88. The third-order valence-electron chi connectivity index (χ3n) is 7.69. The molecule has 0 radical (unpaired) electrons. The smallest absolute Gasteiger partial charge is 0.255 e. The van der Waals surface area contributed by atoms with Crippen LogP contribution >= 0.6 is 0 Å². The van der Waals surface area contributed by atoms with Gasteiger partial charge in [0, 0.05) is 37.8 Å². The van der Waals surface area contributed by atoms with Gasteiger partial charge in [0.25, 0.3) is 5.91 Å². The van der Waals surface area contributed by atoms with Gasteiger partial charge in [0.05, 0.1) is 12.3 Å². The Morgan fingerprint density at radius 2 is 1.94 bits per heavy atom. The number of hydrogen-bond donors (Lipinski definition) is 1. The molecule has 0 saturated carbocycles. The molecule has 5 heterocycles. The van der Waals surface area contributed by atoms with Crippen LogP contribution in [0, 0.1) is 5.82 Å². The molecule has 35 heavy (non-hydrogen) atoms. The van der Waals surface area contributed by atoms with E-state index in [-0.39, 0.29) is 30.7 Å². The van der Waals surface area contributed by atoms with Crippen molar-refractivity contribution in [3.8, 4) is 0 Å². The predicted octanol–water partition coefficient (Wildman–Crippen LogP) is 1.69. The van der Waals surface area contributed by atoms with Crippen LogP contribution in [0.1, 0.15) is 64.6 Å². The van der Waals surface area contributed by atoms with Crippen LogP contribution in [0.4, 0.5) is 4.39 Å². The highest BCUT2D eigenvalue weighted by Gasteiger charge is 2.41. The van der Waals surface area contributed by atoms with Crippen molar-refractivity contribution < 1.29 is 23.5 Å². The molecule has 3 amide bonds. The molecule has 2 fully saturated rings. The third kappa shape index (κ3) is 4.14. The first-order valence-corrected chi connectivity index (χ1v) is 12.3. The van der Waals surface area contributed by atoms with Gasteiger partial charge in [0.2, 0.25) is 11.8 Å². The number of carbonyl (C=O) groups is 3. The Kier molecular flexibility index (Phi) is 5.64. The number of aromatic nitrogens is 2. The molecular weight excluding hydrogens is 453 g/mol. The lowest BCUT2D eigenvalue weighted by Crippen LogP contribution is -2.52. The molecule has 1 N–H and O–H groups in total. The molecule has 2 saturated heterocycles. The van der Waals surface area contributed by atoms with Crippen LogP contribution in [0.5, 0.6) is 0 Å². The van der Waals surface area contributed by atoms with Crippen molar-refractivity contribution >= 4 is 17.7 Å². The van der Waals surface area contributed by atoms with Crippen LogP contribution in [-0.2, 0) is 40.6 Å². The molecule has 0 spiro atoms. The lowest BCUT2D eigenvalue weighted by Gasteiger charge is -2.33. The fourth-order valence-electron chi connectivity index (χ4n) is 5.87. The lowest BCUT2D eigenvalue weighted by atomic mass is 9.85. The van der Waals surface area contributed by atoms with Crippen LogP contribution in [0.15, 0.2) is 18.3 Å². The predicted molar refractivity (Wildman–Crippen MR) is 122 cm³/mol. The highest BCUT2D eigenvalue weighted by atomic mass is 19.1. The van der Waals surface area contributed by atoms with Gasteiger partial charge in [0.1, 0.15) is 24.3 Å². The Bertz CT molecular complexity index is 1180. The molecule has 1 unspecified atom stereocenters. The zero-order valence-corrected chi connectivity index (χ0v) is 19.5. The van der Waals surface area contributed by atoms with E-state index in [4.69, 9.17) is 9.72 Å². The van der Waals surface area contributed by atoms with Gasteiger partial charge in [-0.3, -0.25) is 24.6 Å². The first kappa shape index (κ1) is 22.4. The number of benzene rings is 1. The van der Waals surface area contributed by atoms with Gasteiger partial charge in [-0.1, -0.05) is 0 Å². The highest BCUT2D eigenvalue weighted by Crippen LogP contribution is 2.38. The minimum absolute atomic E-state index is 0.147. The fourth-order valence-corrected chi connectivity index (χ4v) is 5.87. The molecule has 4 aliphatic heterocycles. The number of imidazole rings is 1. The monoisotopic (exact) mass is 481 g/mol. The Balaban J connectivity index is 1.15. The quantitative estimate of drug-likeness (QED) is 0.668. The summed E-state index contributed by atoms with van der Waals surface area (Å²) < 4.78 is 22.2. The summed E-state index contributed by atoms with van der Waals surface area (Å²) in [6.07, 6.45) is 4.32. The van der Waals surface area contributed by atoms with Crippen LogP contribution in [0.25, 0.3) is 0 Å². The molecule has 0 aliphatic carbocycles. The Morgan fingerprint density at radius 3 is 2.71 bits per heavy atom. The minimum atomic E-state index is -0.698. The maximum atomic E-state index is 14.6. The van der Waals surface area contributed by atoms with Crippen molar-refractivity contribution in [1.29, 1.82) is 0 Å². The number of likely N-dealkylation sites (tertiary alicyclic amines) is 1. The number of piperidine rings is 2. The van der Waals surface area contributed by atoms with E-state index in [9.17, 15) is 18.8 Å². The van der Waals surface area contributed by atoms with Crippen molar-refractivity contribution in [3.63, 3.8) is 0 Å². The number of nitrogens with zero attached hydrogens (tertiary/aromatic N) is 4. The van der Waals surface area contributed by atoms with Gasteiger partial charge in [-0.25, -0.2) is 9.37 Å². The van der Waals surface area contributed by atoms with E-state index in [0.29, 0.717) is 18.6 Å². The summed E-state index contributed by atoms with van der Waals surface area (Å²) in [6, 6.07) is 2.15. The van der Waals surface area contributed by atoms with E-state index >= 15 is 0 Å². The van der Waals surface area contributed by atoms with Gasteiger partial charge in [-0.2, -0.15) is 0 Å². The van der Waals surface area contributed by atoms with Gasteiger partial charge in [-0.15, -0.1) is 0 Å². The SMILES string of the molecule is O=C1CCC(N2Cc3c(cc(F)cc3C3CCN(Cc4cn5c(n4)COCC5)CC3)C2=O)C(=O)N1. The number of nitrogens with one attached hydrogen (secondary N) is 1. The first-order chi connectivity index (χ1) is 17.0. The second kappa shape index (κ2) is 8.83. The average Bonchev–Trinajstić information content (AvgIpc) is 3.40. The molecule has 1 aromatic heterocycles. The molecule has 6 rings (SSSR count). The molecule has 9 nitrogen and oxygen atoms in total. The molecule has 10 heteroatoms. The maximum absolute atomic E-state index is 14.6. The standard InChI is InChI=1S/C25H28FN5O4/c26-16-9-18(20-13-31(25(34)19(20)10-16)21-1-2-23(32)28-24(21)33)15-3-5-29(6-4-15)11-17-12-30-7-8-35-14-22(30)27-17/h9-10,12,15,21H,1-8,11,13-14H2,(H,28,32,33). The molecule has 184 valence electrons. The molecule has 1 atom stereocenters. The zero-order valence-electron chi connectivity index (χ0n) is 19.5. The lowest BCUT2D eigenvalue weighted by molar-refractivity contribution is -0.136. The summed E-state index contributed by atoms with van der Waals surface area (Å²) in [5.74, 6) is -0.412. The largest absolute Gasteiger partial charge is 0.372 e. The first-order valence-electron chi connectivity index (χ1n) is 12.3. The van der Waals surface area contributed by atoms with Crippen LogP contribution in [0.3, 0.4) is 0 Å². The molecular formula is C25H28FN5O4. The van der Waals surface area contributed by atoms with Gasteiger partial charge >= 0.3 is 0 Å². The van der Waals surface area contributed by atoms with Crippen molar-refractivity contribution in [2.75, 3.05) is 19.7 Å². The summed E-state index contributed by atoms with van der Waals surface area (Å²) in [5.41, 5.74) is 3.08. The fraction of sp³-hybridized carbons (Fsp3) is 0.520. The van der Waals surface area contributed by atoms with E-state index < -0.39 is 17.8 Å². The van der Waals surface area contributed by atoms with Crippen molar-refractivity contribution in [2.24, 2.45) is 0 Å². The number of carbonyl (C=O) groups excluding carboxylic acids is 3. The number of fused-ring (bicyclic) bond motifs is 2. The van der Waals surface area contributed by atoms with Crippen molar-refractivity contribution in [3.05, 3.63) is 52.4 Å². The van der Waals surface area contributed by atoms with Gasteiger partial charge in [0.15, 0.2) is 0 Å². The minimum Gasteiger partial charge on any atom is -0.372 e. The molecule has 4 aliphatic rings. The topological polar surface area (TPSA) is 96.8 Å². The number of hydrogen-bond acceptors (Lipinski definition) is 6. The third-order valence-corrected chi connectivity index (χ3v) is 7.69. The van der Waals surface area contributed by atoms with Crippen LogP contribution in [-0.4, -0.2) is 62.8 Å². The number of ether oxygens (including phenoxy) is 1. The number of amides is 3. The van der Waals surface area contributed by atoms with Crippen molar-refractivity contribution in [2.45, 2.75) is 63.9 Å². The summed E-state index contributed by atoms with van der Waals surface area (Å²) in [5, 5.41) is 2.32. The highest BCUT2D eigenvalue weighted by molar-refractivity contribution is 6.05. The van der Waals surface area contributed by atoms with E-state index in [1.807, 2.05) is 0 Å². The zero-order chi connectivity index (χ0) is 24.1. The second-order valence-corrected chi connectivity index (χ2v) is 9.87. The van der Waals surface area contributed by atoms with E-state index in [1.165, 1.54) is 11.0 Å². The number of halogens is 1. The van der Waals surface area contributed by atoms with E-state index in [1.54, 1.807) is 6.07 Å². The van der Waals surface area contributed by atoms with Gasteiger partial charge in [-0.05, 0) is 61.5 Å². The summed E-state index contributed by atoms with van der Waals surface area (Å²) in [4.78, 5) is 45.6. The van der Waals surface area contributed by atoms with Gasteiger partial charge < -0.3 is 14.2 Å². The molecule has 1 aromatic carbocycles. The van der Waals surface area contributed by atoms with E-state index in [0.717, 1.165) is 68.3 Å². The summed E-state index contributed by atoms with van der Waals surface area (Å²) in [7, 11) is 0. The maximum Gasteiger partial charge on any atom is 0.255 e. The second-order valence-electron chi connectivity index (χ2n) is 9.87. The molecule has 2 aromatic rings. The Labute approximate surface area is 202 Å². The Hall–Kier alpha value is -3.11.